The minimum Gasteiger partial charge on any atom is -0.495 e. The van der Waals surface area contributed by atoms with E-state index >= 15 is 0 Å². The van der Waals surface area contributed by atoms with Crippen LogP contribution in [-0.4, -0.2) is 76.6 Å². The molecule has 2 heterocycles. The fourth-order valence-electron chi connectivity index (χ4n) is 3.57. The van der Waals surface area contributed by atoms with Crippen molar-refractivity contribution in [3.63, 3.8) is 0 Å². The maximum atomic E-state index is 12.1. The molecule has 1 atom stereocenters. The van der Waals surface area contributed by atoms with E-state index in [1.165, 1.54) is 0 Å². The number of ether oxygens (including phenoxy) is 1. The largest absolute Gasteiger partial charge is 0.495 e. The molecular formula is C18H27N3O4S. The molecule has 0 spiro atoms. The van der Waals surface area contributed by atoms with Crippen molar-refractivity contribution in [2.45, 2.75) is 18.9 Å². The number of hydrogen-bond donors (Lipinski definition) is 1. The SMILES string of the molecule is COc1ccccc1N1CCN(CCC(=O)NC2CCS(=O)(=O)C2)CC1. The molecule has 0 aromatic heterocycles. The summed E-state index contributed by atoms with van der Waals surface area (Å²) < 4.78 is 28.3. The van der Waals surface area contributed by atoms with E-state index in [1.807, 2.05) is 18.2 Å². The van der Waals surface area contributed by atoms with Crippen LogP contribution in [0.5, 0.6) is 5.75 Å². The van der Waals surface area contributed by atoms with Gasteiger partial charge in [0.25, 0.3) is 0 Å². The number of hydrogen-bond acceptors (Lipinski definition) is 6. The van der Waals surface area contributed by atoms with E-state index in [1.54, 1.807) is 7.11 Å². The van der Waals surface area contributed by atoms with Gasteiger partial charge in [0.1, 0.15) is 5.75 Å². The van der Waals surface area contributed by atoms with Crippen molar-refractivity contribution in [3.8, 4) is 5.75 Å². The summed E-state index contributed by atoms with van der Waals surface area (Å²) in [4.78, 5) is 16.6. The zero-order chi connectivity index (χ0) is 18.6. The Hall–Kier alpha value is -1.80. The van der Waals surface area contributed by atoms with Gasteiger partial charge in [-0.3, -0.25) is 9.69 Å². The molecule has 2 aliphatic heterocycles. The van der Waals surface area contributed by atoms with Gasteiger partial charge in [0, 0.05) is 45.2 Å². The molecule has 144 valence electrons. The van der Waals surface area contributed by atoms with Crippen molar-refractivity contribution in [1.82, 2.24) is 10.2 Å². The molecule has 0 saturated carbocycles. The average Bonchev–Trinajstić information content (AvgIpc) is 2.98. The van der Waals surface area contributed by atoms with Crippen molar-refractivity contribution in [2.24, 2.45) is 0 Å². The first kappa shape index (κ1) is 19.0. The Morgan fingerprint density at radius 3 is 2.62 bits per heavy atom. The zero-order valence-electron chi connectivity index (χ0n) is 15.2. The van der Waals surface area contributed by atoms with Crippen LogP contribution in [0.2, 0.25) is 0 Å². The maximum Gasteiger partial charge on any atom is 0.221 e. The lowest BCUT2D eigenvalue weighted by Gasteiger charge is -2.36. The highest BCUT2D eigenvalue weighted by molar-refractivity contribution is 7.91. The number of piperazine rings is 1. The number of para-hydroxylation sites is 2. The lowest BCUT2D eigenvalue weighted by atomic mass is 10.2. The van der Waals surface area contributed by atoms with E-state index in [2.05, 4.69) is 21.2 Å². The first-order valence-electron chi connectivity index (χ1n) is 9.07. The Kier molecular flexibility index (Phi) is 6.03. The molecule has 1 aromatic carbocycles. The molecule has 0 aliphatic carbocycles. The molecule has 1 aromatic rings. The second-order valence-corrected chi connectivity index (χ2v) is 9.15. The van der Waals surface area contributed by atoms with Gasteiger partial charge in [0.2, 0.25) is 5.91 Å². The molecule has 2 saturated heterocycles. The van der Waals surface area contributed by atoms with E-state index < -0.39 is 9.84 Å². The van der Waals surface area contributed by atoms with Crippen molar-refractivity contribution in [1.29, 1.82) is 0 Å². The van der Waals surface area contributed by atoms with Crippen molar-refractivity contribution >= 4 is 21.4 Å². The van der Waals surface area contributed by atoms with Crippen molar-refractivity contribution in [3.05, 3.63) is 24.3 Å². The number of nitrogens with zero attached hydrogens (tertiary/aromatic N) is 2. The molecule has 1 amide bonds. The molecule has 7 nitrogen and oxygen atoms in total. The normalized spacial score (nSPS) is 23.0. The van der Waals surface area contributed by atoms with Gasteiger partial charge in [-0.25, -0.2) is 8.42 Å². The van der Waals surface area contributed by atoms with Gasteiger partial charge in [-0.2, -0.15) is 0 Å². The van der Waals surface area contributed by atoms with E-state index in [0.29, 0.717) is 19.4 Å². The summed E-state index contributed by atoms with van der Waals surface area (Å²) in [6.45, 7) is 4.27. The number of rotatable bonds is 6. The smallest absolute Gasteiger partial charge is 0.221 e. The van der Waals surface area contributed by atoms with E-state index in [9.17, 15) is 13.2 Å². The van der Waals surface area contributed by atoms with Crippen LogP contribution >= 0.6 is 0 Å². The molecule has 3 rings (SSSR count). The molecule has 0 bridgehead atoms. The van der Waals surface area contributed by atoms with Crippen LogP contribution in [0, 0.1) is 0 Å². The average molecular weight is 381 g/mol. The van der Waals surface area contributed by atoms with E-state index in [0.717, 1.165) is 37.6 Å². The van der Waals surface area contributed by atoms with Gasteiger partial charge in [0.05, 0.1) is 24.3 Å². The summed E-state index contributed by atoms with van der Waals surface area (Å²) in [5.41, 5.74) is 1.11. The predicted molar refractivity (Wildman–Crippen MR) is 101 cm³/mol. The van der Waals surface area contributed by atoms with Crippen LogP contribution in [0.4, 0.5) is 5.69 Å². The fourth-order valence-corrected chi connectivity index (χ4v) is 5.25. The van der Waals surface area contributed by atoms with Crippen molar-refractivity contribution < 1.29 is 17.9 Å². The number of carbonyl (C=O) groups excluding carboxylic acids is 1. The monoisotopic (exact) mass is 381 g/mol. The third-order valence-electron chi connectivity index (χ3n) is 5.05. The Labute approximate surface area is 155 Å². The van der Waals surface area contributed by atoms with E-state index in [4.69, 9.17) is 4.74 Å². The number of benzene rings is 1. The summed E-state index contributed by atoms with van der Waals surface area (Å²) >= 11 is 0. The second kappa shape index (κ2) is 8.26. The highest BCUT2D eigenvalue weighted by atomic mass is 32.2. The van der Waals surface area contributed by atoms with Gasteiger partial charge >= 0.3 is 0 Å². The molecule has 26 heavy (non-hydrogen) atoms. The highest BCUT2D eigenvalue weighted by Crippen LogP contribution is 2.28. The van der Waals surface area contributed by atoms with E-state index in [-0.39, 0.29) is 23.5 Å². The molecule has 1 unspecified atom stereocenters. The topological polar surface area (TPSA) is 79.0 Å². The molecule has 2 aliphatic rings. The minimum absolute atomic E-state index is 0.0562. The number of anilines is 1. The predicted octanol–water partition coefficient (Wildman–Crippen LogP) is 0.511. The molecule has 2 fully saturated rings. The number of carbonyl (C=O) groups is 1. The minimum atomic E-state index is -2.96. The lowest BCUT2D eigenvalue weighted by molar-refractivity contribution is -0.122. The van der Waals surface area contributed by atoms with Crippen LogP contribution in [0.25, 0.3) is 0 Å². The quantitative estimate of drug-likeness (QED) is 0.774. The summed E-state index contributed by atoms with van der Waals surface area (Å²) in [6.07, 6.45) is 0.941. The number of nitrogens with one attached hydrogen (secondary N) is 1. The van der Waals surface area contributed by atoms with Crippen LogP contribution < -0.4 is 15.0 Å². The van der Waals surface area contributed by atoms with Crippen LogP contribution in [0.15, 0.2) is 24.3 Å². The number of sulfone groups is 1. The highest BCUT2D eigenvalue weighted by Gasteiger charge is 2.29. The Morgan fingerprint density at radius 1 is 1.23 bits per heavy atom. The summed E-state index contributed by atoms with van der Waals surface area (Å²) in [6, 6.07) is 7.80. The summed E-state index contributed by atoms with van der Waals surface area (Å²) in [7, 11) is -1.27. The summed E-state index contributed by atoms with van der Waals surface area (Å²) in [5, 5.41) is 2.85. The van der Waals surface area contributed by atoms with Gasteiger partial charge in [-0.1, -0.05) is 12.1 Å². The standard InChI is InChI=1S/C18H27N3O4S/c1-25-17-5-3-2-4-16(17)21-11-9-20(10-12-21)8-6-18(22)19-15-7-13-26(23,24)14-15/h2-5,15H,6-14H2,1H3,(H,19,22). The lowest BCUT2D eigenvalue weighted by Crippen LogP contribution is -2.47. The van der Waals surface area contributed by atoms with Gasteiger partial charge < -0.3 is 15.0 Å². The second-order valence-electron chi connectivity index (χ2n) is 6.92. The van der Waals surface area contributed by atoms with Gasteiger partial charge in [-0.15, -0.1) is 0 Å². The zero-order valence-corrected chi connectivity index (χ0v) is 16.0. The molecule has 1 N–H and O–H groups in total. The Balaban J connectivity index is 1.41. The number of methoxy groups -OCH3 is 1. The third kappa shape index (κ3) is 4.88. The van der Waals surface area contributed by atoms with Crippen molar-refractivity contribution in [2.75, 3.05) is 56.2 Å². The van der Waals surface area contributed by atoms with Crippen LogP contribution in [0.1, 0.15) is 12.8 Å². The molecule has 0 radical (unpaired) electrons. The molecular weight excluding hydrogens is 354 g/mol. The summed E-state index contributed by atoms with van der Waals surface area (Å²) in [5.74, 6) is 1.09. The molecule has 8 heteroatoms. The first-order valence-corrected chi connectivity index (χ1v) is 10.9. The van der Waals surface area contributed by atoms with Gasteiger partial charge in [-0.05, 0) is 18.6 Å². The maximum absolute atomic E-state index is 12.1. The van der Waals surface area contributed by atoms with Crippen LogP contribution in [0.3, 0.4) is 0 Å². The Morgan fingerprint density at radius 2 is 1.96 bits per heavy atom. The Bertz CT molecular complexity index is 730. The first-order chi connectivity index (χ1) is 12.5. The number of amides is 1. The van der Waals surface area contributed by atoms with Gasteiger partial charge in [0.15, 0.2) is 9.84 Å². The fraction of sp³-hybridized carbons (Fsp3) is 0.611. The van der Waals surface area contributed by atoms with Crippen LogP contribution in [-0.2, 0) is 14.6 Å². The third-order valence-corrected chi connectivity index (χ3v) is 6.82.